The van der Waals surface area contributed by atoms with Crippen molar-refractivity contribution in [2.75, 3.05) is 0 Å². The van der Waals surface area contributed by atoms with Crippen molar-refractivity contribution in [1.82, 2.24) is 4.98 Å². The van der Waals surface area contributed by atoms with Crippen molar-refractivity contribution in [3.05, 3.63) is 48.1 Å². The molecule has 124 valence electrons. The zero-order valence-corrected chi connectivity index (χ0v) is 17.2. The molecule has 0 fully saturated rings. The third-order valence-electron chi connectivity index (χ3n) is 5.04. The number of aromatic nitrogens is 1. The summed E-state index contributed by atoms with van der Waals surface area (Å²) in [6, 6.07) is 3.17. The van der Waals surface area contributed by atoms with E-state index in [2.05, 4.69) is 40.7 Å². The van der Waals surface area contributed by atoms with Crippen molar-refractivity contribution in [1.29, 1.82) is 0 Å². The Morgan fingerprint density at radius 2 is 1.78 bits per heavy atom. The van der Waals surface area contributed by atoms with Crippen LogP contribution >= 0.6 is 0 Å². The molecule has 0 aliphatic carbocycles. The molecule has 0 bridgehead atoms. The molecular formula is C21H31GeN. The second-order valence-corrected chi connectivity index (χ2v) is 17.7. The van der Waals surface area contributed by atoms with E-state index in [9.17, 15) is 0 Å². The summed E-state index contributed by atoms with van der Waals surface area (Å²) in [7, 11) is 0. The van der Waals surface area contributed by atoms with Gasteiger partial charge in [-0.05, 0) is 0 Å². The first-order valence-electron chi connectivity index (χ1n) is 10.8. The molecule has 0 amide bonds. The van der Waals surface area contributed by atoms with Crippen molar-refractivity contribution in [3.8, 4) is 11.3 Å². The molecule has 0 unspecified atom stereocenters. The Bertz CT molecular complexity index is 808. The molecule has 2 heteroatoms. The summed E-state index contributed by atoms with van der Waals surface area (Å²) < 4.78 is 33.4. The molecule has 0 saturated carbocycles. The van der Waals surface area contributed by atoms with E-state index in [0.29, 0.717) is 17.2 Å². The summed E-state index contributed by atoms with van der Waals surface area (Å²) in [6.07, 6.45) is 3.01. The quantitative estimate of drug-likeness (QED) is 0.570. The van der Waals surface area contributed by atoms with Gasteiger partial charge in [0.05, 0.1) is 0 Å². The zero-order chi connectivity index (χ0) is 20.4. The number of nitrogens with zero attached hydrogens (tertiary/aromatic N) is 1. The maximum atomic E-state index is 8.25. The predicted molar refractivity (Wildman–Crippen MR) is 105 cm³/mol. The van der Waals surface area contributed by atoms with Gasteiger partial charge in [-0.15, -0.1) is 0 Å². The first kappa shape index (κ1) is 13.2. The molecule has 1 nitrogen and oxygen atoms in total. The summed E-state index contributed by atoms with van der Waals surface area (Å²) in [5.41, 5.74) is 2.47. The molecule has 2 rings (SSSR count). The van der Waals surface area contributed by atoms with Crippen LogP contribution < -0.4 is 4.40 Å². The summed E-state index contributed by atoms with van der Waals surface area (Å²) in [5, 5.41) is 3.72. The van der Waals surface area contributed by atoms with Gasteiger partial charge in [0.15, 0.2) is 0 Å². The SMILES string of the molecule is [2H]c1cc(-c2cc(CC(C)C)[c]([Ge]([CH2]C)([CH2]C)[CH2]C)cn2)c([2H])c([2H])c1[2H]. The number of rotatable bonds is 7. The Labute approximate surface area is 150 Å². The van der Waals surface area contributed by atoms with Crippen LogP contribution in [-0.4, -0.2) is 18.3 Å². The molecule has 0 saturated heterocycles. The topological polar surface area (TPSA) is 12.9 Å². The van der Waals surface area contributed by atoms with Crippen molar-refractivity contribution in [2.45, 2.75) is 56.8 Å². The fraction of sp³-hybridized carbons (Fsp3) is 0.476. The molecule has 1 aromatic carbocycles. The van der Waals surface area contributed by atoms with E-state index >= 15 is 0 Å². The Balaban J connectivity index is 2.70. The van der Waals surface area contributed by atoms with Crippen LogP contribution in [0.25, 0.3) is 11.3 Å². The molecule has 0 N–H and O–H groups in total. The van der Waals surface area contributed by atoms with Gasteiger partial charge in [0.1, 0.15) is 0 Å². The minimum atomic E-state index is -2.18. The van der Waals surface area contributed by atoms with E-state index in [4.69, 9.17) is 10.5 Å². The van der Waals surface area contributed by atoms with Crippen LogP contribution in [0.15, 0.2) is 42.5 Å². The van der Waals surface area contributed by atoms with Gasteiger partial charge in [-0.2, -0.15) is 0 Å². The minimum absolute atomic E-state index is 0.0129. The Hall–Kier alpha value is -1.09. The molecule has 2 aromatic rings. The van der Waals surface area contributed by atoms with Crippen molar-refractivity contribution < 1.29 is 5.48 Å². The summed E-state index contributed by atoms with van der Waals surface area (Å²) in [5.74, 6) is 0.522. The van der Waals surface area contributed by atoms with E-state index in [1.165, 1.54) is 31.8 Å². The van der Waals surface area contributed by atoms with Crippen molar-refractivity contribution >= 4 is 17.7 Å². The van der Waals surface area contributed by atoms with E-state index in [0.717, 1.165) is 6.42 Å². The number of hydrogen-bond donors (Lipinski definition) is 0. The fourth-order valence-corrected chi connectivity index (χ4v) is 11.5. The summed E-state index contributed by atoms with van der Waals surface area (Å²) >= 11 is -2.18. The number of benzene rings is 1. The van der Waals surface area contributed by atoms with Gasteiger partial charge >= 0.3 is 150 Å². The third kappa shape index (κ3) is 4.06. The van der Waals surface area contributed by atoms with Crippen molar-refractivity contribution in [2.24, 2.45) is 5.92 Å². The van der Waals surface area contributed by atoms with Crippen LogP contribution in [0, 0.1) is 5.92 Å². The molecule has 0 radical (unpaired) electrons. The van der Waals surface area contributed by atoms with E-state index in [1.54, 1.807) is 0 Å². The monoisotopic (exact) mass is 375 g/mol. The van der Waals surface area contributed by atoms with E-state index in [1.807, 2.05) is 6.20 Å². The molecule has 1 aromatic heterocycles. The molecule has 1 heterocycles. The van der Waals surface area contributed by atoms with Gasteiger partial charge in [0, 0.05) is 0 Å². The van der Waals surface area contributed by atoms with Crippen LogP contribution in [-0.2, 0) is 6.42 Å². The van der Waals surface area contributed by atoms with Gasteiger partial charge in [-0.25, -0.2) is 0 Å². The van der Waals surface area contributed by atoms with E-state index < -0.39 is 13.3 Å². The molecular weight excluding hydrogens is 339 g/mol. The van der Waals surface area contributed by atoms with Gasteiger partial charge in [-0.1, -0.05) is 0 Å². The summed E-state index contributed by atoms with van der Waals surface area (Å²) in [4.78, 5) is 4.70. The molecule has 0 aliphatic heterocycles. The second-order valence-electron chi connectivity index (χ2n) is 6.74. The maximum absolute atomic E-state index is 8.25. The second kappa shape index (κ2) is 8.14. The third-order valence-corrected chi connectivity index (χ3v) is 16.9. The van der Waals surface area contributed by atoms with Crippen LogP contribution in [0.4, 0.5) is 0 Å². The van der Waals surface area contributed by atoms with Crippen LogP contribution in [0.1, 0.15) is 45.7 Å². The standard InChI is InChI=1S/C21H31GeN/c1-6-22(7-2,8-3)20-16-23-21(15-19(20)14-17(4)5)18-12-10-9-11-13-18/h9-13,15-17H,6-8,14H2,1-5H3/i9D,10D,11D,12D. The Morgan fingerprint density at radius 1 is 1.09 bits per heavy atom. The molecule has 23 heavy (non-hydrogen) atoms. The van der Waals surface area contributed by atoms with Crippen LogP contribution in [0.3, 0.4) is 0 Å². The van der Waals surface area contributed by atoms with E-state index in [-0.39, 0.29) is 24.2 Å². The van der Waals surface area contributed by atoms with Gasteiger partial charge in [-0.3, -0.25) is 0 Å². The number of hydrogen-bond acceptors (Lipinski definition) is 1. The Morgan fingerprint density at radius 3 is 2.39 bits per heavy atom. The average molecular weight is 374 g/mol. The van der Waals surface area contributed by atoms with Gasteiger partial charge in [0.25, 0.3) is 0 Å². The van der Waals surface area contributed by atoms with Crippen LogP contribution in [0.2, 0.25) is 15.8 Å². The fourth-order valence-electron chi connectivity index (χ4n) is 3.47. The average Bonchev–Trinajstić information content (AvgIpc) is 2.65. The molecule has 0 spiro atoms. The summed E-state index contributed by atoms with van der Waals surface area (Å²) in [6.45, 7) is 11.4. The Kier molecular flexibility index (Phi) is 4.68. The molecule has 0 atom stereocenters. The number of pyridine rings is 1. The van der Waals surface area contributed by atoms with Crippen molar-refractivity contribution in [3.63, 3.8) is 0 Å². The molecule has 0 aliphatic rings. The van der Waals surface area contributed by atoms with Gasteiger partial charge in [0.2, 0.25) is 0 Å². The van der Waals surface area contributed by atoms with Crippen LogP contribution in [0.5, 0.6) is 0 Å². The predicted octanol–water partition coefficient (Wildman–Crippen LogP) is 5.66. The normalized spacial score (nSPS) is 14.3. The first-order chi connectivity index (χ1) is 12.7. The first-order valence-corrected chi connectivity index (χ1v) is 14.3. The van der Waals surface area contributed by atoms with Gasteiger partial charge < -0.3 is 0 Å². The zero-order valence-electron chi connectivity index (χ0n) is 19.1.